The number of thioether (sulfide) groups is 1. The molecular formula is C23H16N6S. The number of rotatable bonds is 4. The van der Waals surface area contributed by atoms with E-state index in [1.807, 2.05) is 71.3 Å². The lowest BCUT2D eigenvalue weighted by molar-refractivity contribution is 0.912. The standard InChI is InChI=1S/C23H16N6S/c1-2-8-16(9-3-1)21-25-19-11-5-4-10-18(19)22-26-27-23(29(21)22)30-15-17-14-28-13-7-6-12-20(28)24-17/h1-14H,15H2. The molecule has 0 amide bonds. The van der Waals surface area contributed by atoms with Crippen molar-refractivity contribution in [3.63, 3.8) is 0 Å². The van der Waals surface area contributed by atoms with Crippen LogP contribution in [0.3, 0.4) is 0 Å². The Bertz CT molecular complexity index is 1470. The van der Waals surface area contributed by atoms with Crippen LogP contribution in [0.1, 0.15) is 5.69 Å². The fourth-order valence-electron chi connectivity index (χ4n) is 3.63. The van der Waals surface area contributed by atoms with Gasteiger partial charge in [0.25, 0.3) is 0 Å². The van der Waals surface area contributed by atoms with E-state index in [1.54, 1.807) is 11.8 Å². The summed E-state index contributed by atoms with van der Waals surface area (Å²) in [5.41, 5.74) is 4.70. The molecule has 0 radical (unpaired) electrons. The second-order valence-electron chi connectivity index (χ2n) is 6.95. The van der Waals surface area contributed by atoms with Crippen LogP contribution in [0.5, 0.6) is 0 Å². The number of nitrogens with zero attached hydrogens (tertiary/aromatic N) is 6. The molecule has 0 aliphatic rings. The Hall–Kier alpha value is -3.71. The number of para-hydroxylation sites is 1. The van der Waals surface area contributed by atoms with E-state index in [4.69, 9.17) is 9.97 Å². The average molecular weight is 408 g/mol. The summed E-state index contributed by atoms with van der Waals surface area (Å²) in [6.07, 6.45) is 4.06. The summed E-state index contributed by atoms with van der Waals surface area (Å²) >= 11 is 1.62. The minimum absolute atomic E-state index is 0.698. The molecule has 0 fully saturated rings. The van der Waals surface area contributed by atoms with Gasteiger partial charge < -0.3 is 4.40 Å². The third kappa shape index (κ3) is 2.83. The van der Waals surface area contributed by atoms with E-state index in [9.17, 15) is 0 Å². The summed E-state index contributed by atoms with van der Waals surface area (Å²) in [6, 6.07) is 24.2. The molecule has 0 spiro atoms. The van der Waals surface area contributed by atoms with Crippen molar-refractivity contribution in [2.45, 2.75) is 10.9 Å². The fourth-order valence-corrected chi connectivity index (χ4v) is 4.45. The third-order valence-corrected chi connectivity index (χ3v) is 5.97. The molecule has 6 nitrogen and oxygen atoms in total. The Morgan fingerprint density at radius 2 is 1.63 bits per heavy atom. The maximum atomic E-state index is 4.95. The third-order valence-electron chi connectivity index (χ3n) is 5.01. The molecule has 6 rings (SSSR count). The van der Waals surface area contributed by atoms with E-state index in [-0.39, 0.29) is 0 Å². The van der Waals surface area contributed by atoms with Crippen molar-refractivity contribution in [3.8, 4) is 11.4 Å². The van der Waals surface area contributed by atoms with Crippen LogP contribution in [0.2, 0.25) is 0 Å². The summed E-state index contributed by atoms with van der Waals surface area (Å²) < 4.78 is 4.08. The van der Waals surface area contributed by atoms with Gasteiger partial charge in [-0.3, -0.25) is 4.40 Å². The zero-order valence-electron chi connectivity index (χ0n) is 15.9. The molecule has 0 unspecified atom stereocenters. The van der Waals surface area contributed by atoms with Gasteiger partial charge in [-0.1, -0.05) is 60.3 Å². The van der Waals surface area contributed by atoms with E-state index in [2.05, 4.69) is 32.9 Å². The van der Waals surface area contributed by atoms with Crippen LogP contribution < -0.4 is 0 Å². The second kappa shape index (κ2) is 6.96. The van der Waals surface area contributed by atoms with Gasteiger partial charge in [0.15, 0.2) is 10.8 Å². The SMILES string of the molecule is c1ccc(-c2nc3ccccc3c3nnc(SCc4cn5ccccc5n4)n23)cc1. The maximum Gasteiger partial charge on any atom is 0.197 e. The van der Waals surface area contributed by atoms with Crippen LogP contribution >= 0.6 is 11.8 Å². The first-order chi connectivity index (χ1) is 14.9. The molecule has 4 heterocycles. The van der Waals surface area contributed by atoms with Crippen LogP contribution in [0.25, 0.3) is 33.6 Å². The number of benzene rings is 2. The fraction of sp³-hybridized carbons (Fsp3) is 0.0435. The van der Waals surface area contributed by atoms with Gasteiger partial charge in [0, 0.05) is 29.1 Å². The molecule has 2 aromatic carbocycles. The van der Waals surface area contributed by atoms with Crippen LogP contribution in [-0.2, 0) is 5.75 Å². The van der Waals surface area contributed by atoms with E-state index < -0.39 is 0 Å². The lowest BCUT2D eigenvalue weighted by Crippen LogP contribution is -1.99. The molecule has 0 saturated heterocycles. The number of hydrogen-bond donors (Lipinski definition) is 0. The highest BCUT2D eigenvalue weighted by molar-refractivity contribution is 7.98. The Morgan fingerprint density at radius 3 is 2.53 bits per heavy atom. The molecule has 144 valence electrons. The Morgan fingerprint density at radius 1 is 0.800 bits per heavy atom. The first-order valence-corrected chi connectivity index (χ1v) is 10.6. The molecule has 0 N–H and O–H groups in total. The summed E-state index contributed by atoms with van der Waals surface area (Å²) in [4.78, 5) is 9.64. The Balaban J connectivity index is 1.48. The van der Waals surface area contributed by atoms with Gasteiger partial charge in [0.05, 0.1) is 11.2 Å². The quantitative estimate of drug-likeness (QED) is 0.389. The molecule has 0 aliphatic carbocycles. The van der Waals surface area contributed by atoms with Crippen LogP contribution in [0, 0.1) is 0 Å². The van der Waals surface area contributed by atoms with Crippen molar-refractivity contribution >= 4 is 34.0 Å². The molecule has 0 aliphatic heterocycles. The van der Waals surface area contributed by atoms with Gasteiger partial charge in [-0.15, -0.1) is 10.2 Å². The number of pyridine rings is 1. The number of imidazole rings is 1. The maximum absolute atomic E-state index is 4.95. The highest BCUT2D eigenvalue weighted by atomic mass is 32.2. The number of fused-ring (bicyclic) bond motifs is 4. The largest absolute Gasteiger partial charge is 0.307 e. The normalized spacial score (nSPS) is 11.6. The van der Waals surface area contributed by atoms with Gasteiger partial charge in [-0.05, 0) is 24.3 Å². The van der Waals surface area contributed by atoms with Crippen LogP contribution in [0.15, 0.2) is 90.3 Å². The predicted molar refractivity (Wildman–Crippen MR) is 118 cm³/mol. The smallest absolute Gasteiger partial charge is 0.197 e. The van der Waals surface area contributed by atoms with Crippen molar-refractivity contribution in [3.05, 3.63) is 90.9 Å². The summed E-state index contributed by atoms with van der Waals surface area (Å²) in [5, 5.41) is 10.8. The predicted octanol–water partition coefficient (Wildman–Crippen LogP) is 4.88. The van der Waals surface area contributed by atoms with Crippen LogP contribution in [-0.4, -0.2) is 29.0 Å². The average Bonchev–Trinajstić information content (AvgIpc) is 3.42. The zero-order chi connectivity index (χ0) is 19.9. The van der Waals surface area contributed by atoms with E-state index >= 15 is 0 Å². The van der Waals surface area contributed by atoms with Crippen molar-refractivity contribution in [2.75, 3.05) is 0 Å². The zero-order valence-corrected chi connectivity index (χ0v) is 16.7. The topological polar surface area (TPSA) is 60.4 Å². The van der Waals surface area contributed by atoms with Gasteiger partial charge >= 0.3 is 0 Å². The molecular weight excluding hydrogens is 392 g/mol. The number of aromatic nitrogens is 6. The van der Waals surface area contributed by atoms with Crippen molar-refractivity contribution in [1.82, 2.24) is 29.0 Å². The van der Waals surface area contributed by atoms with E-state index in [0.717, 1.165) is 44.4 Å². The Kier molecular flexibility index (Phi) is 3.99. The molecule has 6 aromatic rings. The minimum atomic E-state index is 0.698. The van der Waals surface area contributed by atoms with Gasteiger partial charge in [-0.2, -0.15) is 0 Å². The molecule has 0 atom stereocenters. The molecule has 7 heteroatoms. The summed E-state index contributed by atoms with van der Waals surface area (Å²) in [7, 11) is 0. The van der Waals surface area contributed by atoms with Gasteiger partial charge in [0.2, 0.25) is 0 Å². The first-order valence-electron chi connectivity index (χ1n) is 9.61. The lowest BCUT2D eigenvalue weighted by atomic mass is 10.2. The molecule has 0 bridgehead atoms. The summed E-state index contributed by atoms with van der Waals surface area (Å²) in [5.74, 6) is 1.54. The van der Waals surface area contributed by atoms with Gasteiger partial charge in [-0.25, -0.2) is 9.97 Å². The highest BCUT2D eigenvalue weighted by Gasteiger charge is 2.17. The number of hydrogen-bond acceptors (Lipinski definition) is 5. The van der Waals surface area contributed by atoms with Crippen molar-refractivity contribution in [2.24, 2.45) is 0 Å². The molecule has 0 saturated carbocycles. The lowest BCUT2D eigenvalue weighted by Gasteiger charge is -2.09. The van der Waals surface area contributed by atoms with Crippen molar-refractivity contribution < 1.29 is 0 Å². The monoisotopic (exact) mass is 408 g/mol. The van der Waals surface area contributed by atoms with Crippen molar-refractivity contribution in [1.29, 1.82) is 0 Å². The second-order valence-corrected chi connectivity index (χ2v) is 7.89. The van der Waals surface area contributed by atoms with E-state index in [0.29, 0.717) is 5.75 Å². The molecule has 30 heavy (non-hydrogen) atoms. The Labute approximate surface area is 176 Å². The minimum Gasteiger partial charge on any atom is -0.307 e. The van der Waals surface area contributed by atoms with E-state index in [1.165, 1.54) is 0 Å². The summed E-state index contributed by atoms with van der Waals surface area (Å²) in [6.45, 7) is 0. The van der Waals surface area contributed by atoms with Crippen LogP contribution in [0.4, 0.5) is 0 Å². The highest BCUT2D eigenvalue weighted by Crippen LogP contribution is 2.30. The molecule has 4 aromatic heterocycles. The first kappa shape index (κ1) is 17.2. The van der Waals surface area contributed by atoms with Gasteiger partial charge in [0.1, 0.15) is 11.5 Å².